The highest BCUT2D eigenvalue weighted by Gasteiger charge is 2.22. The van der Waals surface area contributed by atoms with Gasteiger partial charge < -0.3 is 9.88 Å². The van der Waals surface area contributed by atoms with Crippen LogP contribution in [0.25, 0.3) is 16.4 Å². The van der Waals surface area contributed by atoms with Crippen LogP contribution in [0.3, 0.4) is 0 Å². The Bertz CT molecular complexity index is 1370. The van der Waals surface area contributed by atoms with Crippen LogP contribution in [0.4, 0.5) is 0 Å². The number of rotatable bonds is 3. The fourth-order valence-corrected chi connectivity index (χ4v) is 3.61. The molecule has 1 amide bonds. The second-order valence-electron chi connectivity index (χ2n) is 6.89. The Morgan fingerprint density at radius 1 is 1.31 bits per heavy atom. The number of benzene rings is 1. The molecule has 3 aromatic heterocycles. The van der Waals surface area contributed by atoms with E-state index in [1.54, 1.807) is 43.0 Å². The number of hydrogen-bond donors (Lipinski definition) is 1. The highest BCUT2D eigenvalue weighted by molar-refractivity contribution is 6.01. The normalized spacial score (nSPS) is 12.1. The maximum atomic E-state index is 13.0. The lowest BCUT2D eigenvalue weighted by atomic mass is 10.0. The van der Waals surface area contributed by atoms with Crippen LogP contribution < -0.4 is 10.9 Å². The summed E-state index contributed by atoms with van der Waals surface area (Å²) in [6.45, 7) is 3.60. The Labute approximate surface area is 167 Å². The first-order chi connectivity index (χ1) is 13.9. The average Bonchev–Trinajstić information content (AvgIpc) is 3.05. The number of carbonyl (C=O) groups is 1. The summed E-state index contributed by atoms with van der Waals surface area (Å²) in [7, 11) is 1.68. The third-order valence-corrected chi connectivity index (χ3v) is 5.05. The van der Waals surface area contributed by atoms with E-state index < -0.39 is 6.04 Å². The molecule has 0 radical (unpaired) electrons. The number of aryl methyl sites for hydroxylation is 1. The van der Waals surface area contributed by atoms with E-state index in [1.807, 2.05) is 25.1 Å². The Balaban J connectivity index is 1.74. The van der Waals surface area contributed by atoms with Crippen molar-refractivity contribution >= 4 is 22.3 Å². The van der Waals surface area contributed by atoms with E-state index in [0.29, 0.717) is 33.5 Å². The molecule has 0 aliphatic rings. The minimum atomic E-state index is -0.419. The van der Waals surface area contributed by atoms with E-state index in [0.717, 1.165) is 5.39 Å². The maximum absolute atomic E-state index is 13.0. The summed E-state index contributed by atoms with van der Waals surface area (Å²) in [5.41, 5.74) is 2.52. The van der Waals surface area contributed by atoms with Gasteiger partial charge in [0, 0.05) is 30.7 Å². The van der Waals surface area contributed by atoms with Crippen molar-refractivity contribution < 1.29 is 4.79 Å². The molecule has 3 heterocycles. The van der Waals surface area contributed by atoms with Crippen LogP contribution in [0.5, 0.6) is 0 Å². The van der Waals surface area contributed by atoms with Gasteiger partial charge in [0.1, 0.15) is 5.56 Å². The lowest BCUT2D eigenvalue weighted by Gasteiger charge is -2.18. The molecule has 0 spiro atoms. The van der Waals surface area contributed by atoms with E-state index in [2.05, 4.69) is 21.3 Å². The van der Waals surface area contributed by atoms with Gasteiger partial charge in [-0.2, -0.15) is 5.10 Å². The van der Waals surface area contributed by atoms with Crippen LogP contribution in [0, 0.1) is 19.3 Å². The highest BCUT2D eigenvalue weighted by Crippen LogP contribution is 2.21. The molecule has 0 unspecified atom stereocenters. The van der Waals surface area contributed by atoms with E-state index in [1.165, 1.54) is 4.57 Å². The number of nitrogens with one attached hydrogen (secondary N) is 1. The van der Waals surface area contributed by atoms with Gasteiger partial charge in [0.05, 0.1) is 17.1 Å². The van der Waals surface area contributed by atoms with E-state index >= 15 is 0 Å². The molecule has 1 N–H and O–H groups in total. The van der Waals surface area contributed by atoms with Gasteiger partial charge in [-0.3, -0.25) is 9.59 Å². The molecule has 4 aromatic rings. The molecule has 29 heavy (non-hydrogen) atoms. The SMILES string of the molecule is C#Cc1cccc2cc([C@@H](C)NC(=O)c3c(C)nn4cccnc34)n(C)c(=O)c12. The lowest BCUT2D eigenvalue weighted by molar-refractivity contribution is 0.0939. The van der Waals surface area contributed by atoms with Crippen molar-refractivity contribution in [2.24, 2.45) is 7.05 Å². The number of pyridine rings is 1. The van der Waals surface area contributed by atoms with Crippen molar-refractivity contribution in [3.63, 3.8) is 0 Å². The molecule has 0 saturated heterocycles. The Hall–Kier alpha value is -3.92. The third-order valence-electron chi connectivity index (χ3n) is 5.05. The predicted molar refractivity (Wildman–Crippen MR) is 111 cm³/mol. The molecule has 0 aliphatic carbocycles. The molecule has 1 atom stereocenters. The molecule has 0 bridgehead atoms. The van der Waals surface area contributed by atoms with Crippen LogP contribution in [-0.2, 0) is 7.05 Å². The van der Waals surface area contributed by atoms with Gasteiger partial charge in [-0.15, -0.1) is 6.42 Å². The molecule has 7 nitrogen and oxygen atoms in total. The van der Waals surface area contributed by atoms with Crippen LogP contribution in [0.15, 0.2) is 47.5 Å². The van der Waals surface area contributed by atoms with Crippen molar-refractivity contribution in [1.29, 1.82) is 0 Å². The Morgan fingerprint density at radius 3 is 2.86 bits per heavy atom. The monoisotopic (exact) mass is 385 g/mol. The van der Waals surface area contributed by atoms with Gasteiger partial charge in [0.15, 0.2) is 5.65 Å². The second-order valence-corrected chi connectivity index (χ2v) is 6.89. The number of carbonyl (C=O) groups excluding carboxylic acids is 1. The first-order valence-electron chi connectivity index (χ1n) is 9.12. The first kappa shape index (κ1) is 18.4. The number of aromatic nitrogens is 4. The number of amides is 1. The van der Waals surface area contributed by atoms with Gasteiger partial charge in [-0.1, -0.05) is 18.1 Å². The van der Waals surface area contributed by atoms with E-state index in [4.69, 9.17) is 6.42 Å². The zero-order chi connectivity index (χ0) is 20.7. The molecule has 0 aliphatic heterocycles. The van der Waals surface area contributed by atoms with Crippen LogP contribution >= 0.6 is 0 Å². The van der Waals surface area contributed by atoms with Crippen molar-refractivity contribution in [2.45, 2.75) is 19.9 Å². The Morgan fingerprint density at radius 2 is 2.10 bits per heavy atom. The van der Waals surface area contributed by atoms with E-state index in [-0.39, 0.29) is 11.5 Å². The van der Waals surface area contributed by atoms with Gasteiger partial charge >= 0.3 is 0 Å². The summed E-state index contributed by atoms with van der Waals surface area (Å²) in [5, 5.41) is 8.53. The summed E-state index contributed by atoms with van der Waals surface area (Å²) in [5.74, 6) is 2.26. The van der Waals surface area contributed by atoms with Crippen molar-refractivity contribution in [3.05, 3.63) is 75.6 Å². The van der Waals surface area contributed by atoms with E-state index in [9.17, 15) is 9.59 Å². The fraction of sp³-hybridized carbons (Fsp3) is 0.182. The first-order valence-corrected chi connectivity index (χ1v) is 9.12. The molecule has 1 aromatic carbocycles. The number of terminal acetylenes is 1. The number of fused-ring (bicyclic) bond motifs is 2. The molecule has 0 saturated carbocycles. The summed E-state index contributed by atoms with van der Waals surface area (Å²) in [6, 6.07) is 8.61. The molecule has 4 rings (SSSR count). The van der Waals surface area contributed by atoms with Crippen molar-refractivity contribution in [1.82, 2.24) is 24.5 Å². The highest BCUT2D eigenvalue weighted by atomic mass is 16.2. The molecule has 0 fully saturated rings. The van der Waals surface area contributed by atoms with Gasteiger partial charge in [0.2, 0.25) is 0 Å². The molecule has 144 valence electrons. The summed E-state index contributed by atoms with van der Waals surface area (Å²) < 4.78 is 3.09. The van der Waals surface area contributed by atoms with Crippen molar-refractivity contribution in [3.8, 4) is 12.3 Å². The van der Waals surface area contributed by atoms with Crippen LogP contribution in [0.1, 0.15) is 40.3 Å². The molecular weight excluding hydrogens is 366 g/mol. The lowest BCUT2D eigenvalue weighted by Crippen LogP contribution is -2.32. The van der Waals surface area contributed by atoms with Crippen molar-refractivity contribution in [2.75, 3.05) is 0 Å². The summed E-state index contributed by atoms with van der Waals surface area (Å²) in [4.78, 5) is 30.1. The fourth-order valence-electron chi connectivity index (χ4n) is 3.61. The summed E-state index contributed by atoms with van der Waals surface area (Å²) >= 11 is 0. The quantitative estimate of drug-likeness (QED) is 0.549. The number of nitrogens with zero attached hydrogens (tertiary/aromatic N) is 4. The molecule has 7 heteroatoms. The zero-order valence-corrected chi connectivity index (χ0v) is 16.3. The van der Waals surface area contributed by atoms with Crippen LogP contribution in [0.2, 0.25) is 0 Å². The predicted octanol–water partition coefficient (Wildman–Crippen LogP) is 2.36. The summed E-state index contributed by atoms with van der Waals surface area (Å²) in [6.07, 6.45) is 8.90. The maximum Gasteiger partial charge on any atom is 0.259 e. The molecular formula is C22H19N5O2. The average molecular weight is 385 g/mol. The minimum absolute atomic E-state index is 0.194. The van der Waals surface area contributed by atoms with Crippen LogP contribution in [-0.4, -0.2) is 25.1 Å². The van der Waals surface area contributed by atoms with Gasteiger partial charge in [0.25, 0.3) is 11.5 Å². The minimum Gasteiger partial charge on any atom is -0.344 e. The smallest absolute Gasteiger partial charge is 0.259 e. The number of hydrogen-bond acceptors (Lipinski definition) is 4. The van der Waals surface area contributed by atoms with Gasteiger partial charge in [-0.05, 0) is 37.4 Å². The zero-order valence-electron chi connectivity index (χ0n) is 16.3. The third kappa shape index (κ3) is 2.95. The standard InChI is InChI=1S/C22H19N5O2/c1-5-15-8-6-9-16-12-17(26(4)22(29)19(15)16)13(2)24-21(28)18-14(3)25-27-11-7-10-23-20(18)27/h1,6-13H,2-4H3,(H,24,28)/t13-/m1/s1. The second kappa shape index (κ2) is 6.91. The largest absolute Gasteiger partial charge is 0.344 e. The Kier molecular flexibility index (Phi) is 4.40. The topological polar surface area (TPSA) is 81.3 Å². The van der Waals surface area contributed by atoms with Gasteiger partial charge in [-0.25, -0.2) is 9.50 Å².